The van der Waals surface area contributed by atoms with Crippen molar-refractivity contribution in [1.82, 2.24) is 19.9 Å². The number of nitrogens with one attached hydrogen (secondary N) is 2. The standard InChI is InChI=1S/C15H19N5O/c1-3-13(21)20-8-11(5-4-10(20)2)19-15-12-6-7-16-14(12)17-9-18-15/h3,6-7,9-11H,1,4-5,8H2,2H3,(H2,16,17,18,19). The number of amides is 1. The van der Waals surface area contributed by atoms with Gasteiger partial charge in [-0.3, -0.25) is 4.79 Å². The van der Waals surface area contributed by atoms with Gasteiger partial charge in [0.25, 0.3) is 0 Å². The summed E-state index contributed by atoms with van der Waals surface area (Å²) in [5, 5.41) is 4.41. The fourth-order valence-corrected chi connectivity index (χ4v) is 2.83. The Morgan fingerprint density at radius 1 is 1.52 bits per heavy atom. The van der Waals surface area contributed by atoms with E-state index in [1.165, 1.54) is 6.08 Å². The van der Waals surface area contributed by atoms with Crippen LogP contribution in [0.1, 0.15) is 19.8 Å². The summed E-state index contributed by atoms with van der Waals surface area (Å²) in [7, 11) is 0. The molecule has 1 aliphatic rings. The number of aromatic nitrogens is 3. The third-order valence-corrected chi connectivity index (χ3v) is 4.03. The maximum absolute atomic E-state index is 11.9. The Bertz CT molecular complexity index is 665. The predicted molar refractivity (Wildman–Crippen MR) is 81.9 cm³/mol. The minimum absolute atomic E-state index is 0.0107. The minimum atomic E-state index is -0.0107. The molecule has 6 nitrogen and oxygen atoms in total. The van der Waals surface area contributed by atoms with Crippen LogP contribution < -0.4 is 5.32 Å². The second-order valence-corrected chi connectivity index (χ2v) is 5.42. The zero-order valence-corrected chi connectivity index (χ0v) is 12.0. The molecule has 21 heavy (non-hydrogen) atoms. The van der Waals surface area contributed by atoms with Crippen LogP contribution in [0.2, 0.25) is 0 Å². The molecule has 0 radical (unpaired) electrons. The van der Waals surface area contributed by atoms with Crippen molar-refractivity contribution in [3.8, 4) is 0 Å². The van der Waals surface area contributed by atoms with Crippen molar-refractivity contribution in [2.24, 2.45) is 0 Å². The van der Waals surface area contributed by atoms with E-state index < -0.39 is 0 Å². The molecule has 2 aromatic rings. The first-order chi connectivity index (χ1) is 10.2. The molecule has 0 spiro atoms. The van der Waals surface area contributed by atoms with Gasteiger partial charge in [-0.2, -0.15) is 0 Å². The first-order valence-corrected chi connectivity index (χ1v) is 7.16. The number of hydrogen-bond acceptors (Lipinski definition) is 4. The van der Waals surface area contributed by atoms with Gasteiger partial charge in [-0.15, -0.1) is 0 Å². The monoisotopic (exact) mass is 285 g/mol. The van der Waals surface area contributed by atoms with Crippen LogP contribution in [0.5, 0.6) is 0 Å². The van der Waals surface area contributed by atoms with E-state index in [1.54, 1.807) is 6.33 Å². The van der Waals surface area contributed by atoms with Crippen LogP contribution in [0.25, 0.3) is 11.0 Å². The van der Waals surface area contributed by atoms with Gasteiger partial charge < -0.3 is 15.2 Å². The molecule has 1 fully saturated rings. The van der Waals surface area contributed by atoms with Gasteiger partial charge in [0.1, 0.15) is 17.8 Å². The Morgan fingerprint density at radius 2 is 2.38 bits per heavy atom. The van der Waals surface area contributed by atoms with E-state index in [2.05, 4.69) is 33.8 Å². The van der Waals surface area contributed by atoms with Gasteiger partial charge in [0.2, 0.25) is 5.91 Å². The lowest BCUT2D eigenvalue weighted by molar-refractivity contribution is -0.129. The lowest BCUT2D eigenvalue weighted by atomic mass is 9.99. The molecule has 1 aliphatic heterocycles. The lowest BCUT2D eigenvalue weighted by Gasteiger charge is -2.38. The molecule has 110 valence electrons. The minimum Gasteiger partial charge on any atom is -0.365 e. The van der Waals surface area contributed by atoms with Gasteiger partial charge in [-0.25, -0.2) is 9.97 Å². The Hall–Kier alpha value is -2.37. The molecule has 0 aromatic carbocycles. The maximum atomic E-state index is 11.9. The molecular formula is C15H19N5O. The van der Waals surface area contributed by atoms with E-state index in [1.807, 2.05) is 17.2 Å². The molecule has 3 heterocycles. The van der Waals surface area contributed by atoms with Crippen molar-refractivity contribution in [1.29, 1.82) is 0 Å². The number of anilines is 1. The fraction of sp³-hybridized carbons (Fsp3) is 0.400. The number of fused-ring (bicyclic) bond motifs is 1. The van der Waals surface area contributed by atoms with Gasteiger partial charge in [0.15, 0.2) is 0 Å². The molecule has 1 saturated heterocycles. The average Bonchev–Trinajstić information content (AvgIpc) is 2.98. The number of likely N-dealkylation sites (tertiary alicyclic amines) is 1. The highest BCUT2D eigenvalue weighted by Gasteiger charge is 2.28. The normalized spacial score (nSPS) is 22.2. The molecule has 2 unspecified atom stereocenters. The summed E-state index contributed by atoms with van der Waals surface area (Å²) in [4.78, 5) is 25.3. The van der Waals surface area contributed by atoms with Gasteiger partial charge in [0, 0.05) is 24.8 Å². The van der Waals surface area contributed by atoms with Crippen molar-refractivity contribution in [3.05, 3.63) is 31.2 Å². The summed E-state index contributed by atoms with van der Waals surface area (Å²) in [6.07, 6.45) is 6.75. The van der Waals surface area contributed by atoms with Crippen LogP contribution in [-0.2, 0) is 4.79 Å². The summed E-state index contributed by atoms with van der Waals surface area (Å²) in [6.45, 7) is 6.32. The van der Waals surface area contributed by atoms with E-state index in [4.69, 9.17) is 0 Å². The maximum Gasteiger partial charge on any atom is 0.246 e. The van der Waals surface area contributed by atoms with Crippen LogP contribution in [-0.4, -0.2) is 44.4 Å². The largest absolute Gasteiger partial charge is 0.365 e. The second-order valence-electron chi connectivity index (χ2n) is 5.42. The average molecular weight is 285 g/mol. The van der Waals surface area contributed by atoms with E-state index >= 15 is 0 Å². The van der Waals surface area contributed by atoms with E-state index in [0.717, 1.165) is 29.7 Å². The van der Waals surface area contributed by atoms with Crippen LogP contribution >= 0.6 is 0 Å². The summed E-state index contributed by atoms with van der Waals surface area (Å²) in [5.74, 6) is 0.801. The molecule has 0 bridgehead atoms. The van der Waals surface area contributed by atoms with Crippen molar-refractivity contribution >= 4 is 22.8 Å². The quantitative estimate of drug-likeness (QED) is 0.845. The van der Waals surface area contributed by atoms with Gasteiger partial charge in [-0.1, -0.05) is 6.58 Å². The van der Waals surface area contributed by atoms with Crippen LogP contribution in [0, 0.1) is 0 Å². The van der Waals surface area contributed by atoms with Crippen molar-refractivity contribution in [2.75, 3.05) is 11.9 Å². The van der Waals surface area contributed by atoms with Crippen LogP contribution in [0.15, 0.2) is 31.2 Å². The number of nitrogens with zero attached hydrogens (tertiary/aromatic N) is 3. The number of piperidine rings is 1. The number of carbonyl (C=O) groups is 1. The highest BCUT2D eigenvalue weighted by Crippen LogP contribution is 2.23. The Morgan fingerprint density at radius 3 is 3.19 bits per heavy atom. The molecule has 6 heteroatoms. The van der Waals surface area contributed by atoms with E-state index in [-0.39, 0.29) is 18.0 Å². The highest BCUT2D eigenvalue weighted by molar-refractivity contribution is 5.88. The molecule has 2 atom stereocenters. The molecule has 2 aromatic heterocycles. The number of carbonyl (C=O) groups excluding carboxylic acids is 1. The third-order valence-electron chi connectivity index (χ3n) is 4.03. The van der Waals surface area contributed by atoms with Crippen LogP contribution in [0.3, 0.4) is 0 Å². The third kappa shape index (κ3) is 2.61. The topological polar surface area (TPSA) is 73.9 Å². The van der Waals surface area contributed by atoms with Crippen LogP contribution in [0.4, 0.5) is 5.82 Å². The van der Waals surface area contributed by atoms with Gasteiger partial charge >= 0.3 is 0 Å². The number of aromatic amines is 1. The first-order valence-electron chi connectivity index (χ1n) is 7.16. The predicted octanol–water partition coefficient (Wildman–Crippen LogP) is 1.94. The fourth-order valence-electron chi connectivity index (χ4n) is 2.83. The first kappa shape index (κ1) is 13.6. The summed E-state index contributed by atoms with van der Waals surface area (Å²) in [5.41, 5.74) is 0.815. The Labute approximate surface area is 123 Å². The van der Waals surface area contributed by atoms with Crippen molar-refractivity contribution in [2.45, 2.75) is 31.8 Å². The van der Waals surface area contributed by atoms with E-state index in [9.17, 15) is 4.79 Å². The number of H-pyrrole nitrogens is 1. The van der Waals surface area contributed by atoms with E-state index in [0.29, 0.717) is 6.54 Å². The Balaban J connectivity index is 1.77. The zero-order chi connectivity index (χ0) is 14.8. The molecular weight excluding hydrogens is 266 g/mol. The highest BCUT2D eigenvalue weighted by atomic mass is 16.2. The second kappa shape index (κ2) is 5.55. The van der Waals surface area contributed by atoms with Gasteiger partial charge in [0.05, 0.1) is 5.39 Å². The number of hydrogen-bond donors (Lipinski definition) is 2. The molecule has 0 aliphatic carbocycles. The number of rotatable bonds is 3. The zero-order valence-electron chi connectivity index (χ0n) is 12.0. The summed E-state index contributed by atoms with van der Waals surface area (Å²) >= 11 is 0. The molecule has 0 saturated carbocycles. The van der Waals surface area contributed by atoms with Crippen molar-refractivity contribution in [3.63, 3.8) is 0 Å². The molecule has 3 rings (SSSR count). The Kier molecular flexibility index (Phi) is 3.60. The SMILES string of the molecule is C=CC(=O)N1CC(Nc2ncnc3[nH]ccc23)CCC1C. The van der Waals surface area contributed by atoms with Gasteiger partial charge in [-0.05, 0) is 31.9 Å². The smallest absolute Gasteiger partial charge is 0.246 e. The molecule has 2 N–H and O–H groups in total. The molecule has 1 amide bonds. The van der Waals surface area contributed by atoms with Crippen molar-refractivity contribution < 1.29 is 4.79 Å². The summed E-state index contributed by atoms with van der Waals surface area (Å²) in [6, 6.07) is 2.40. The lowest BCUT2D eigenvalue weighted by Crippen LogP contribution is -2.49. The summed E-state index contributed by atoms with van der Waals surface area (Å²) < 4.78 is 0.